The fraction of sp³-hybridized carbons (Fsp3) is 0.579. The van der Waals surface area contributed by atoms with E-state index < -0.39 is 4.92 Å². The van der Waals surface area contributed by atoms with Gasteiger partial charge in [0, 0.05) is 37.3 Å². The minimum absolute atomic E-state index is 0.0270. The number of ether oxygens (including phenoxy) is 1. The molecule has 2 rings (SSSR count). The molecule has 0 unspecified atom stereocenters. The maximum absolute atomic E-state index is 11.7. The van der Waals surface area contributed by atoms with Crippen molar-refractivity contribution in [2.45, 2.75) is 44.9 Å². The van der Waals surface area contributed by atoms with Crippen LogP contribution in [0.2, 0.25) is 0 Å². The van der Waals surface area contributed by atoms with Crippen molar-refractivity contribution < 1.29 is 19.2 Å². The lowest BCUT2D eigenvalue weighted by Gasteiger charge is -2.20. The first-order valence-electron chi connectivity index (χ1n) is 9.45. The SMILES string of the molecule is O=C(COC(=O)CCC1CCCCC1)NCCNc1ccc([N+](=O)[O-])cc1. The number of hydrogen-bond acceptors (Lipinski definition) is 6. The number of nitro benzene ring substituents is 1. The molecule has 0 saturated heterocycles. The Balaban J connectivity index is 1.52. The van der Waals surface area contributed by atoms with Crippen molar-refractivity contribution in [3.63, 3.8) is 0 Å². The number of amides is 1. The fourth-order valence-electron chi connectivity index (χ4n) is 3.18. The molecule has 1 aromatic carbocycles. The van der Waals surface area contributed by atoms with Crippen LogP contribution in [0.5, 0.6) is 0 Å². The van der Waals surface area contributed by atoms with Crippen LogP contribution in [-0.4, -0.2) is 36.5 Å². The van der Waals surface area contributed by atoms with Gasteiger partial charge in [0.15, 0.2) is 6.61 Å². The largest absolute Gasteiger partial charge is 0.456 e. The van der Waals surface area contributed by atoms with Crippen LogP contribution in [0.3, 0.4) is 0 Å². The van der Waals surface area contributed by atoms with Crippen molar-refractivity contribution in [3.05, 3.63) is 34.4 Å². The number of nitrogens with one attached hydrogen (secondary N) is 2. The van der Waals surface area contributed by atoms with Gasteiger partial charge in [0.1, 0.15) is 0 Å². The molecule has 1 aliphatic carbocycles. The fourth-order valence-corrected chi connectivity index (χ4v) is 3.18. The molecule has 0 spiro atoms. The molecule has 148 valence electrons. The quantitative estimate of drug-likeness (QED) is 0.281. The van der Waals surface area contributed by atoms with Crippen LogP contribution in [0.4, 0.5) is 11.4 Å². The van der Waals surface area contributed by atoms with Crippen molar-refractivity contribution in [1.82, 2.24) is 5.32 Å². The molecule has 0 aliphatic heterocycles. The maximum Gasteiger partial charge on any atom is 0.306 e. The summed E-state index contributed by atoms with van der Waals surface area (Å²) in [5, 5.41) is 16.3. The molecule has 8 heteroatoms. The summed E-state index contributed by atoms with van der Waals surface area (Å²) < 4.78 is 5.01. The number of nitrogens with zero attached hydrogens (tertiary/aromatic N) is 1. The van der Waals surface area contributed by atoms with Crippen LogP contribution in [0, 0.1) is 16.0 Å². The van der Waals surface area contributed by atoms with E-state index in [0.717, 1.165) is 12.1 Å². The molecular formula is C19H27N3O5. The van der Waals surface area contributed by atoms with E-state index >= 15 is 0 Å². The van der Waals surface area contributed by atoms with Gasteiger partial charge in [0.05, 0.1) is 4.92 Å². The third-order valence-corrected chi connectivity index (χ3v) is 4.70. The monoisotopic (exact) mass is 377 g/mol. The molecule has 0 atom stereocenters. The molecule has 1 fully saturated rings. The Morgan fingerprint density at radius 2 is 1.81 bits per heavy atom. The first kappa shape index (κ1) is 20.7. The van der Waals surface area contributed by atoms with E-state index in [9.17, 15) is 19.7 Å². The number of rotatable bonds is 10. The second kappa shape index (κ2) is 11.2. The molecule has 1 saturated carbocycles. The molecule has 0 aromatic heterocycles. The Hall–Kier alpha value is -2.64. The lowest BCUT2D eigenvalue weighted by atomic mass is 9.86. The Morgan fingerprint density at radius 1 is 1.11 bits per heavy atom. The van der Waals surface area contributed by atoms with Gasteiger partial charge in [-0.05, 0) is 24.5 Å². The number of carbonyl (C=O) groups is 2. The zero-order valence-electron chi connectivity index (χ0n) is 15.4. The van der Waals surface area contributed by atoms with Gasteiger partial charge >= 0.3 is 5.97 Å². The van der Waals surface area contributed by atoms with E-state index in [-0.39, 0.29) is 24.2 Å². The minimum Gasteiger partial charge on any atom is -0.456 e. The zero-order chi connectivity index (χ0) is 19.5. The number of esters is 1. The first-order valence-corrected chi connectivity index (χ1v) is 9.45. The van der Waals surface area contributed by atoms with E-state index in [4.69, 9.17) is 4.74 Å². The van der Waals surface area contributed by atoms with Gasteiger partial charge < -0.3 is 15.4 Å². The third kappa shape index (κ3) is 8.06. The summed E-state index contributed by atoms with van der Waals surface area (Å²) >= 11 is 0. The topological polar surface area (TPSA) is 111 Å². The van der Waals surface area contributed by atoms with Gasteiger partial charge in [-0.2, -0.15) is 0 Å². The highest BCUT2D eigenvalue weighted by atomic mass is 16.6. The summed E-state index contributed by atoms with van der Waals surface area (Å²) in [5.74, 6) is -0.0446. The standard InChI is InChI=1S/C19H27N3O5/c23-18(14-27-19(24)11-6-15-4-2-1-3-5-15)21-13-12-20-16-7-9-17(10-8-16)22(25)26/h7-10,15,20H,1-6,11-14H2,(H,21,23). The molecule has 0 radical (unpaired) electrons. The zero-order valence-corrected chi connectivity index (χ0v) is 15.4. The smallest absolute Gasteiger partial charge is 0.306 e. The van der Waals surface area contributed by atoms with Gasteiger partial charge in [-0.25, -0.2) is 0 Å². The summed E-state index contributed by atoms with van der Waals surface area (Å²) in [7, 11) is 0. The Kier molecular flexibility index (Phi) is 8.54. The third-order valence-electron chi connectivity index (χ3n) is 4.70. The van der Waals surface area contributed by atoms with E-state index in [1.807, 2.05) is 0 Å². The van der Waals surface area contributed by atoms with E-state index in [2.05, 4.69) is 10.6 Å². The number of benzene rings is 1. The summed E-state index contributed by atoms with van der Waals surface area (Å²) in [5.41, 5.74) is 0.753. The molecule has 1 aliphatic rings. The van der Waals surface area contributed by atoms with Crippen LogP contribution >= 0.6 is 0 Å². The van der Waals surface area contributed by atoms with Crippen LogP contribution in [0.25, 0.3) is 0 Å². The molecule has 1 amide bonds. The number of nitro groups is 1. The molecule has 2 N–H and O–H groups in total. The van der Waals surface area contributed by atoms with Gasteiger partial charge in [0.2, 0.25) is 0 Å². The van der Waals surface area contributed by atoms with Crippen molar-refractivity contribution in [3.8, 4) is 0 Å². The predicted molar refractivity (Wildman–Crippen MR) is 101 cm³/mol. The molecule has 27 heavy (non-hydrogen) atoms. The molecule has 8 nitrogen and oxygen atoms in total. The Labute approximate surface area is 158 Å². The van der Waals surface area contributed by atoms with Crippen LogP contribution in [-0.2, 0) is 14.3 Å². The van der Waals surface area contributed by atoms with Gasteiger partial charge in [-0.3, -0.25) is 19.7 Å². The van der Waals surface area contributed by atoms with E-state index in [1.54, 1.807) is 12.1 Å². The number of non-ortho nitro benzene ring substituents is 1. The number of carbonyl (C=O) groups excluding carboxylic acids is 2. The number of anilines is 1. The van der Waals surface area contributed by atoms with Crippen molar-refractivity contribution in [1.29, 1.82) is 0 Å². The molecule has 1 aromatic rings. The lowest BCUT2D eigenvalue weighted by molar-refractivity contribution is -0.384. The highest BCUT2D eigenvalue weighted by molar-refractivity contribution is 5.80. The van der Waals surface area contributed by atoms with Crippen LogP contribution in [0.15, 0.2) is 24.3 Å². The van der Waals surface area contributed by atoms with Gasteiger partial charge in [-0.15, -0.1) is 0 Å². The van der Waals surface area contributed by atoms with Crippen molar-refractivity contribution >= 4 is 23.3 Å². The van der Waals surface area contributed by atoms with E-state index in [0.29, 0.717) is 25.4 Å². The average Bonchev–Trinajstić information content (AvgIpc) is 2.69. The summed E-state index contributed by atoms with van der Waals surface area (Å²) in [6, 6.07) is 6.03. The van der Waals surface area contributed by atoms with Gasteiger partial charge in [-0.1, -0.05) is 32.1 Å². The Morgan fingerprint density at radius 3 is 2.48 bits per heavy atom. The molecule has 0 heterocycles. The number of hydrogen-bond donors (Lipinski definition) is 2. The second-order valence-electron chi connectivity index (χ2n) is 6.78. The second-order valence-corrected chi connectivity index (χ2v) is 6.78. The average molecular weight is 377 g/mol. The maximum atomic E-state index is 11.7. The predicted octanol–water partition coefficient (Wildman–Crippen LogP) is 3.03. The van der Waals surface area contributed by atoms with Gasteiger partial charge in [0.25, 0.3) is 11.6 Å². The highest BCUT2D eigenvalue weighted by Gasteiger charge is 2.15. The molecular weight excluding hydrogens is 350 g/mol. The Bertz CT molecular complexity index is 627. The summed E-state index contributed by atoms with van der Waals surface area (Å²) in [4.78, 5) is 33.5. The normalized spacial score (nSPS) is 14.4. The van der Waals surface area contributed by atoms with Crippen LogP contribution < -0.4 is 10.6 Å². The van der Waals surface area contributed by atoms with Crippen LogP contribution in [0.1, 0.15) is 44.9 Å². The van der Waals surface area contributed by atoms with Crippen molar-refractivity contribution in [2.24, 2.45) is 5.92 Å². The highest BCUT2D eigenvalue weighted by Crippen LogP contribution is 2.27. The summed E-state index contributed by atoms with van der Waals surface area (Å²) in [6.45, 7) is 0.551. The lowest BCUT2D eigenvalue weighted by Crippen LogP contribution is -2.32. The molecule has 0 bridgehead atoms. The summed E-state index contributed by atoms with van der Waals surface area (Å²) in [6.07, 6.45) is 7.39. The first-order chi connectivity index (χ1) is 13.0. The van der Waals surface area contributed by atoms with E-state index in [1.165, 1.54) is 44.2 Å². The van der Waals surface area contributed by atoms with Crippen molar-refractivity contribution in [2.75, 3.05) is 25.0 Å². The minimum atomic E-state index is -0.458.